The Hall–Kier alpha value is -3.48. The van der Waals surface area contributed by atoms with Crippen molar-refractivity contribution in [2.75, 3.05) is 0 Å². The number of pyridine rings is 1. The molecule has 4 aromatic rings. The van der Waals surface area contributed by atoms with Gasteiger partial charge in [0.25, 0.3) is 5.56 Å². The van der Waals surface area contributed by atoms with Crippen LogP contribution in [0.4, 0.5) is 0 Å². The predicted octanol–water partition coefficient (Wildman–Crippen LogP) is 1.69. The van der Waals surface area contributed by atoms with Crippen LogP contribution in [0.1, 0.15) is 17.4 Å². The molecule has 1 atom stereocenters. The highest BCUT2D eigenvalue weighted by Crippen LogP contribution is 2.25. The third-order valence-electron chi connectivity index (χ3n) is 4.87. The maximum Gasteiger partial charge on any atom is 0.263 e. The molecule has 7 heteroatoms. The van der Waals surface area contributed by atoms with Gasteiger partial charge in [-0.25, -0.2) is 9.97 Å². The highest BCUT2D eigenvalue weighted by molar-refractivity contribution is 5.86. The Bertz CT molecular complexity index is 1220. The molecule has 1 aliphatic rings. The lowest BCUT2D eigenvalue weighted by Crippen LogP contribution is -2.46. The van der Waals surface area contributed by atoms with Crippen molar-refractivity contribution in [3.05, 3.63) is 70.5 Å². The summed E-state index contributed by atoms with van der Waals surface area (Å²) in [5.74, 6) is 0.362. The van der Waals surface area contributed by atoms with E-state index in [0.717, 1.165) is 16.5 Å². The Kier molecular flexibility index (Phi) is 3.15. The summed E-state index contributed by atoms with van der Waals surface area (Å²) in [6, 6.07) is 10.7. The van der Waals surface area contributed by atoms with Crippen LogP contribution in [0.25, 0.3) is 21.9 Å². The molecule has 0 bridgehead atoms. The van der Waals surface area contributed by atoms with E-state index in [1.54, 1.807) is 18.3 Å². The largest absolute Gasteiger partial charge is 0.361 e. The average Bonchev–Trinajstić information content (AvgIpc) is 3.07. The summed E-state index contributed by atoms with van der Waals surface area (Å²) >= 11 is 0. The first-order valence-electron chi connectivity index (χ1n) is 8.41. The Morgan fingerprint density at radius 2 is 1.96 bits per heavy atom. The molecule has 3 aromatic heterocycles. The van der Waals surface area contributed by atoms with E-state index < -0.39 is 6.04 Å². The number of rotatable bonds is 2. The van der Waals surface area contributed by atoms with E-state index in [2.05, 4.69) is 20.3 Å². The van der Waals surface area contributed by atoms with Crippen molar-refractivity contribution in [3.63, 3.8) is 0 Å². The quantitative estimate of drug-likeness (QED) is 0.578. The van der Waals surface area contributed by atoms with E-state index in [9.17, 15) is 9.59 Å². The normalized spacial score (nSPS) is 16.6. The van der Waals surface area contributed by atoms with E-state index >= 15 is 0 Å². The number of hydrogen-bond acceptors (Lipinski definition) is 4. The van der Waals surface area contributed by atoms with Crippen molar-refractivity contribution in [3.8, 4) is 0 Å². The Labute approximate surface area is 147 Å². The Balaban J connectivity index is 1.68. The molecule has 7 nitrogen and oxygen atoms in total. The first-order valence-corrected chi connectivity index (χ1v) is 8.41. The average molecular weight is 345 g/mol. The van der Waals surface area contributed by atoms with Crippen LogP contribution in [-0.4, -0.2) is 25.4 Å². The van der Waals surface area contributed by atoms with Gasteiger partial charge in [0.15, 0.2) is 5.65 Å². The van der Waals surface area contributed by atoms with Crippen LogP contribution in [-0.2, 0) is 17.8 Å². The number of carbonyl (C=O) groups excluding carboxylic acids is 1. The molecule has 0 fully saturated rings. The molecule has 128 valence electrons. The molecule has 1 aromatic carbocycles. The van der Waals surface area contributed by atoms with Gasteiger partial charge in [0.05, 0.1) is 11.9 Å². The van der Waals surface area contributed by atoms with Crippen LogP contribution in [0.2, 0.25) is 0 Å². The molecule has 0 saturated heterocycles. The van der Waals surface area contributed by atoms with Gasteiger partial charge in [0.1, 0.15) is 11.9 Å². The summed E-state index contributed by atoms with van der Waals surface area (Å²) < 4.78 is 1.52. The number of fused-ring (bicyclic) bond motifs is 3. The number of carbonyl (C=O) groups is 1. The van der Waals surface area contributed by atoms with Crippen molar-refractivity contribution >= 4 is 27.8 Å². The minimum atomic E-state index is -0.637. The van der Waals surface area contributed by atoms with Crippen LogP contribution in [0.15, 0.2) is 53.6 Å². The standard InChI is InChI=1S/C19H15N5O2/c25-18-15(8-11-9-21-14-6-2-1-4-12(11)14)24-16(10-22-18)23-17-13(19(24)26)5-3-7-20-17/h1-7,9,15,21H,8,10H2,(H,22,25). The number of aromatic amines is 1. The zero-order valence-corrected chi connectivity index (χ0v) is 13.8. The molecule has 0 spiro atoms. The molecule has 4 heterocycles. The highest BCUT2D eigenvalue weighted by atomic mass is 16.2. The summed E-state index contributed by atoms with van der Waals surface area (Å²) in [4.78, 5) is 37.5. The number of benzene rings is 1. The van der Waals surface area contributed by atoms with Crippen LogP contribution in [0.5, 0.6) is 0 Å². The minimum Gasteiger partial charge on any atom is -0.361 e. The fourth-order valence-corrected chi connectivity index (χ4v) is 3.62. The lowest BCUT2D eigenvalue weighted by atomic mass is 10.0. The summed E-state index contributed by atoms with van der Waals surface area (Å²) in [6.07, 6.45) is 3.92. The van der Waals surface area contributed by atoms with Gasteiger partial charge in [0, 0.05) is 29.7 Å². The number of H-pyrrole nitrogens is 1. The number of amides is 1. The number of para-hydroxylation sites is 1. The summed E-state index contributed by atoms with van der Waals surface area (Å²) in [5, 5.41) is 4.32. The maximum absolute atomic E-state index is 13.0. The molecule has 0 radical (unpaired) electrons. The molecule has 0 aliphatic carbocycles. The number of nitrogens with one attached hydrogen (secondary N) is 2. The van der Waals surface area contributed by atoms with E-state index in [-0.39, 0.29) is 18.0 Å². The number of aromatic nitrogens is 4. The van der Waals surface area contributed by atoms with E-state index in [4.69, 9.17) is 0 Å². The molecule has 1 amide bonds. The van der Waals surface area contributed by atoms with Gasteiger partial charge >= 0.3 is 0 Å². The molecular formula is C19H15N5O2. The molecule has 1 aliphatic heterocycles. The third kappa shape index (κ3) is 2.13. The van der Waals surface area contributed by atoms with Crippen molar-refractivity contribution in [2.24, 2.45) is 0 Å². The number of hydrogen-bond donors (Lipinski definition) is 2. The maximum atomic E-state index is 13.0. The highest BCUT2D eigenvalue weighted by Gasteiger charge is 2.30. The van der Waals surface area contributed by atoms with Gasteiger partial charge in [-0.3, -0.25) is 14.2 Å². The smallest absolute Gasteiger partial charge is 0.263 e. The van der Waals surface area contributed by atoms with Crippen LogP contribution in [0, 0.1) is 0 Å². The second kappa shape index (κ2) is 5.52. The summed E-state index contributed by atoms with van der Waals surface area (Å²) in [7, 11) is 0. The summed E-state index contributed by atoms with van der Waals surface area (Å²) in [5.41, 5.74) is 2.18. The second-order valence-corrected chi connectivity index (χ2v) is 6.37. The summed E-state index contributed by atoms with van der Waals surface area (Å²) in [6.45, 7) is 0.227. The lowest BCUT2D eigenvalue weighted by Gasteiger charge is -2.27. The van der Waals surface area contributed by atoms with Gasteiger partial charge < -0.3 is 10.3 Å². The Morgan fingerprint density at radius 1 is 1.12 bits per heavy atom. The van der Waals surface area contributed by atoms with Gasteiger partial charge in [-0.1, -0.05) is 18.2 Å². The Morgan fingerprint density at radius 3 is 2.88 bits per heavy atom. The SMILES string of the molecule is O=C1NCc2nc3ncccc3c(=O)n2C1Cc1c[nH]c2ccccc12. The third-order valence-corrected chi connectivity index (χ3v) is 4.87. The minimum absolute atomic E-state index is 0.171. The fourth-order valence-electron chi connectivity index (χ4n) is 3.62. The molecular weight excluding hydrogens is 330 g/mol. The van der Waals surface area contributed by atoms with Crippen LogP contribution >= 0.6 is 0 Å². The molecule has 2 N–H and O–H groups in total. The number of nitrogens with zero attached hydrogens (tertiary/aromatic N) is 3. The zero-order valence-electron chi connectivity index (χ0n) is 13.8. The topological polar surface area (TPSA) is 92.7 Å². The van der Waals surface area contributed by atoms with E-state index in [1.165, 1.54) is 4.57 Å². The second-order valence-electron chi connectivity index (χ2n) is 6.37. The van der Waals surface area contributed by atoms with Crippen molar-refractivity contribution in [1.82, 2.24) is 24.8 Å². The van der Waals surface area contributed by atoms with Gasteiger partial charge in [-0.15, -0.1) is 0 Å². The first-order chi connectivity index (χ1) is 12.7. The first kappa shape index (κ1) is 14.8. The van der Waals surface area contributed by atoms with Crippen LogP contribution < -0.4 is 10.9 Å². The molecule has 26 heavy (non-hydrogen) atoms. The van der Waals surface area contributed by atoms with Crippen molar-refractivity contribution < 1.29 is 4.79 Å². The molecule has 5 rings (SSSR count). The predicted molar refractivity (Wildman–Crippen MR) is 96.7 cm³/mol. The van der Waals surface area contributed by atoms with Gasteiger partial charge in [0.2, 0.25) is 5.91 Å². The fraction of sp³-hybridized carbons (Fsp3) is 0.158. The van der Waals surface area contributed by atoms with E-state index in [0.29, 0.717) is 23.3 Å². The van der Waals surface area contributed by atoms with Crippen molar-refractivity contribution in [2.45, 2.75) is 19.0 Å². The van der Waals surface area contributed by atoms with Crippen molar-refractivity contribution in [1.29, 1.82) is 0 Å². The molecule has 0 saturated carbocycles. The monoisotopic (exact) mass is 345 g/mol. The van der Waals surface area contributed by atoms with Crippen LogP contribution in [0.3, 0.4) is 0 Å². The van der Waals surface area contributed by atoms with Gasteiger partial charge in [-0.05, 0) is 23.8 Å². The van der Waals surface area contributed by atoms with Gasteiger partial charge in [-0.2, -0.15) is 0 Å². The zero-order chi connectivity index (χ0) is 17.7. The molecule has 1 unspecified atom stereocenters. The lowest BCUT2D eigenvalue weighted by molar-refractivity contribution is -0.125. The van der Waals surface area contributed by atoms with E-state index in [1.807, 2.05) is 30.5 Å².